The van der Waals surface area contributed by atoms with Crippen molar-refractivity contribution in [3.63, 3.8) is 0 Å². The second-order valence-corrected chi connectivity index (χ2v) is 12.2. The summed E-state index contributed by atoms with van der Waals surface area (Å²) in [6, 6.07) is 0. The van der Waals surface area contributed by atoms with Crippen molar-refractivity contribution in [3.8, 4) is 0 Å². The average Bonchev–Trinajstić information content (AvgIpc) is 3.11. The van der Waals surface area contributed by atoms with Crippen LogP contribution in [0.3, 0.4) is 0 Å². The molecule has 4 heteroatoms. The fourth-order valence-corrected chi connectivity index (χ4v) is 4.75. The van der Waals surface area contributed by atoms with E-state index >= 15 is 0 Å². The van der Waals surface area contributed by atoms with E-state index in [2.05, 4.69) is 123 Å². The zero-order chi connectivity index (χ0) is 35.6. The summed E-state index contributed by atoms with van der Waals surface area (Å²) in [5, 5.41) is 9.58. The highest BCUT2D eigenvalue weighted by Crippen LogP contribution is 2.09. The monoisotopic (exact) mass is 677 g/mol. The summed E-state index contributed by atoms with van der Waals surface area (Å²) in [5.74, 6) is -0.245. The van der Waals surface area contributed by atoms with Crippen LogP contribution in [-0.2, 0) is 14.3 Å². The van der Waals surface area contributed by atoms with Crippen LogP contribution in [0, 0.1) is 0 Å². The van der Waals surface area contributed by atoms with Crippen LogP contribution in [0.25, 0.3) is 0 Å². The Bertz CT molecular complexity index is 976. The third kappa shape index (κ3) is 39.4. The number of unbranched alkanes of at least 4 members (excludes halogenated alkanes) is 8. The molecule has 0 spiro atoms. The van der Waals surface area contributed by atoms with Crippen LogP contribution in [0.5, 0.6) is 0 Å². The van der Waals surface area contributed by atoms with Crippen LogP contribution in [0.1, 0.15) is 142 Å². The first-order chi connectivity index (χ1) is 24.2. The van der Waals surface area contributed by atoms with Crippen molar-refractivity contribution in [1.82, 2.24) is 0 Å². The van der Waals surface area contributed by atoms with Crippen LogP contribution in [-0.4, -0.2) is 37.0 Å². The van der Waals surface area contributed by atoms with Crippen LogP contribution in [0.2, 0.25) is 0 Å². The van der Waals surface area contributed by atoms with Gasteiger partial charge >= 0.3 is 5.97 Å². The topological polar surface area (TPSA) is 55.8 Å². The van der Waals surface area contributed by atoms with E-state index in [4.69, 9.17) is 9.47 Å². The first-order valence-electron chi connectivity index (χ1n) is 19.5. The summed E-state index contributed by atoms with van der Waals surface area (Å²) in [6.07, 6.45) is 59.9. The Labute approximate surface area is 302 Å². The molecule has 0 aromatic heterocycles. The summed E-state index contributed by atoms with van der Waals surface area (Å²) < 4.78 is 11.1. The number of carbonyl (C=O) groups excluding carboxylic acids is 1. The predicted molar refractivity (Wildman–Crippen MR) is 214 cm³/mol. The molecule has 0 aliphatic heterocycles. The first kappa shape index (κ1) is 46.1. The van der Waals surface area contributed by atoms with E-state index in [9.17, 15) is 9.90 Å². The molecule has 0 saturated carbocycles. The van der Waals surface area contributed by atoms with Crippen molar-refractivity contribution in [1.29, 1.82) is 0 Å². The summed E-state index contributed by atoms with van der Waals surface area (Å²) in [7, 11) is 0. The van der Waals surface area contributed by atoms with Gasteiger partial charge in [-0.15, -0.1) is 0 Å². The lowest BCUT2D eigenvalue weighted by atomic mass is 10.1. The fourth-order valence-electron chi connectivity index (χ4n) is 4.75. The highest BCUT2D eigenvalue weighted by Gasteiger charge is 2.13. The van der Waals surface area contributed by atoms with Gasteiger partial charge in [0.15, 0.2) is 0 Å². The average molecular weight is 677 g/mol. The van der Waals surface area contributed by atoms with Crippen molar-refractivity contribution in [3.05, 3.63) is 109 Å². The van der Waals surface area contributed by atoms with Crippen LogP contribution in [0.15, 0.2) is 109 Å². The smallest absolute Gasteiger partial charge is 0.306 e. The molecule has 0 aliphatic rings. The van der Waals surface area contributed by atoms with Crippen molar-refractivity contribution < 1.29 is 19.4 Å². The van der Waals surface area contributed by atoms with Crippen LogP contribution in [0.4, 0.5) is 0 Å². The molecule has 0 rings (SSSR count). The number of allylic oxidation sites excluding steroid dienone is 18. The predicted octanol–water partition coefficient (Wildman–Crippen LogP) is 12.8. The molecule has 4 nitrogen and oxygen atoms in total. The first-order valence-corrected chi connectivity index (χ1v) is 19.5. The molecule has 0 radical (unpaired) electrons. The number of hydrogen-bond acceptors (Lipinski definition) is 4. The van der Waals surface area contributed by atoms with Crippen molar-refractivity contribution in [2.75, 3.05) is 19.8 Å². The molecule has 1 N–H and O–H groups in total. The van der Waals surface area contributed by atoms with E-state index in [0.29, 0.717) is 13.0 Å². The quantitative estimate of drug-likeness (QED) is 0.0419. The SMILES string of the molecule is CC/C=C\C/C=C\C/C=C\C/C=C\C/C=C\CCCCCC(=O)OC(CO)COCCCCCCC/C=C\C/C=C\C/C=C\C/C=C\CC. The van der Waals surface area contributed by atoms with E-state index < -0.39 is 6.10 Å². The Morgan fingerprint density at radius 3 is 1.29 bits per heavy atom. The number of esters is 1. The van der Waals surface area contributed by atoms with E-state index in [-0.39, 0.29) is 19.2 Å². The van der Waals surface area contributed by atoms with Gasteiger partial charge in [-0.2, -0.15) is 0 Å². The molecular weight excluding hydrogens is 604 g/mol. The summed E-state index contributed by atoms with van der Waals surface area (Å²) in [5.41, 5.74) is 0. The second kappa shape index (κ2) is 41.2. The van der Waals surface area contributed by atoms with Crippen molar-refractivity contribution in [2.45, 2.75) is 148 Å². The van der Waals surface area contributed by atoms with Gasteiger partial charge in [0.05, 0.1) is 13.2 Å². The van der Waals surface area contributed by atoms with Crippen LogP contribution >= 0.6 is 0 Å². The normalized spacial score (nSPS) is 13.6. The lowest BCUT2D eigenvalue weighted by molar-refractivity contribution is -0.154. The third-order valence-corrected chi connectivity index (χ3v) is 7.59. The van der Waals surface area contributed by atoms with E-state index in [1.54, 1.807) is 0 Å². The van der Waals surface area contributed by atoms with Crippen molar-refractivity contribution in [2.24, 2.45) is 0 Å². The largest absolute Gasteiger partial charge is 0.457 e. The molecule has 0 bridgehead atoms. The van der Waals surface area contributed by atoms with Gasteiger partial charge in [0.25, 0.3) is 0 Å². The van der Waals surface area contributed by atoms with Gasteiger partial charge in [0, 0.05) is 13.0 Å². The minimum absolute atomic E-state index is 0.201. The summed E-state index contributed by atoms with van der Waals surface area (Å²) in [6.45, 7) is 5.01. The Morgan fingerprint density at radius 1 is 0.490 bits per heavy atom. The number of rotatable bonds is 34. The van der Waals surface area contributed by atoms with Gasteiger partial charge < -0.3 is 14.6 Å². The summed E-state index contributed by atoms with van der Waals surface area (Å²) >= 11 is 0. The third-order valence-electron chi connectivity index (χ3n) is 7.59. The fraction of sp³-hybridized carbons (Fsp3) is 0.578. The Morgan fingerprint density at radius 2 is 0.857 bits per heavy atom. The highest BCUT2D eigenvalue weighted by atomic mass is 16.6. The molecule has 276 valence electrons. The highest BCUT2D eigenvalue weighted by molar-refractivity contribution is 5.69. The number of carbonyl (C=O) groups is 1. The zero-order valence-electron chi connectivity index (χ0n) is 31.4. The number of aliphatic hydroxyl groups excluding tert-OH is 1. The van der Waals surface area contributed by atoms with E-state index in [0.717, 1.165) is 103 Å². The Hall–Kier alpha value is -2.95. The molecule has 1 atom stereocenters. The standard InChI is InChI=1S/C45H72O4/c1-3-5-7-9-11-13-15-17-19-21-23-24-26-28-30-32-34-36-38-40-45(47)49-44(42-46)43-48-41-39-37-35-33-31-29-27-25-22-20-18-16-14-12-10-8-6-4-2/h5-8,11-14,17-20,23-25,27-28,30,44,46H,3-4,9-10,15-16,21-22,26,29,31-43H2,1-2H3/b7-5-,8-6-,13-11-,14-12-,19-17-,20-18-,24-23-,27-25-,30-28-. The number of aliphatic hydroxyl groups is 1. The molecule has 0 aliphatic carbocycles. The minimum Gasteiger partial charge on any atom is -0.457 e. The molecular formula is C45H72O4. The maximum absolute atomic E-state index is 12.2. The molecule has 0 aromatic carbocycles. The van der Waals surface area contributed by atoms with Gasteiger partial charge in [-0.05, 0) is 96.3 Å². The lowest BCUT2D eigenvalue weighted by Crippen LogP contribution is -2.27. The van der Waals surface area contributed by atoms with Gasteiger partial charge in [-0.3, -0.25) is 4.79 Å². The van der Waals surface area contributed by atoms with Crippen molar-refractivity contribution >= 4 is 5.97 Å². The van der Waals surface area contributed by atoms with E-state index in [1.165, 1.54) is 19.3 Å². The van der Waals surface area contributed by atoms with Gasteiger partial charge in [-0.1, -0.05) is 149 Å². The molecule has 0 fully saturated rings. The van der Waals surface area contributed by atoms with Gasteiger partial charge in [-0.25, -0.2) is 0 Å². The lowest BCUT2D eigenvalue weighted by Gasteiger charge is -2.15. The van der Waals surface area contributed by atoms with Gasteiger partial charge in [0.1, 0.15) is 6.10 Å². The van der Waals surface area contributed by atoms with Crippen LogP contribution < -0.4 is 0 Å². The molecule has 1 unspecified atom stereocenters. The molecule has 0 amide bonds. The maximum atomic E-state index is 12.2. The number of hydrogen-bond donors (Lipinski definition) is 1. The maximum Gasteiger partial charge on any atom is 0.306 e. The van der Waals surface area contributed by atoms with Gasteiger partial charge in [0.2, 0.25) is 0 Å². The van der Waals surface area contributed by atoms with E-state index in [1.807, 2.05) is 0 Å². The Balaban J connectivity index is 3.61. The molecule has 0 heterocycles. The molecule has 0 saturated heterocycles. The summed E-state index contributed by atoms with van der Waals surface area (Å²) in [4.78, 5) is 12.2. The molecule has 49 heavy (non-hydrogen) atoms. The molecule has 0 aromatic rings. The zero-order valence-corrected chi connectivity index (χ0v) is 31.4. The minimum atomic E-state index is -0.570. The Kier molecular flexibility index (Phi) is 38.7. The number of ether oxygens (including phenoxy) is 2. The second-order valence-electron chi connectivity index (χ2n) is 12.2.